The summed E-state index contributed by atoms with van der Waals surface area (Å²) in [4.78, 5) is 11.7. The van der Waals surface area contributed by atoms with Crippen LogP contribution in [0.15, 0.2) is 16.9 Å². The Kier molecular flexibility index (Phi) is 3.99. The molecule has 0 amide bonds. The number of piperidine rings is 1. The van der Waals surface area contributed by atoms with Crippen LogP contribution in [0.4, 0.5) is 0 Å². The fraction of sp³-hybridized carbons (Fsp3) is 0.692. The minimum absolute atomic E-state index is 0. The molecule has 0 aromatic carbocycles. The molecule has 0 spiro atoms. The van der Waals surface area contributed by atoms with E-state index in [9.17, 15) is 9.90 Å². The summed E-state index contributed by atoms with van der Waals surface area (Å²) in [5.74, 6) is 0. The zero-order valence-corrected chi connectivity index (χ0v) is 11.8. The van der Waals surface area contributed by atoms with Crippen LogP contribution in [0.5, 0.6) is 0 Å². The SMILES string of the molecule is Cc1ccc(=O)n(CC2(O)CC3CCC(C2)N3)n1.Cl. The molecule has 0 saturated carbocycles. The molecule has 2 bridgehead atoms. The highest BCUT2D eigenvalue weighted by atomic mass is 35.5. The van der Waals surface area contributed by atoms with Gasteiger partial charge in [0.25, 0.3) is 5.56 Å². The standard InChI is InChI=1S/C13H19N3O2.ClH/c1-9-2-5-12(17)16(15-9)8-13(18)6-10-3-4-11(7-13)14-10;/h2,5,10-11,14,18H,3-4,6-8H2,1H3;1H. The van der Waals surface area contributed by atoms with Crippen molar-refractivity contribution in [2.45, 2.75) is 56.8 Å². The summed E-state index contributed by atoms with van der Waals surface area (Å²) in [6.07, 6.45) is 3.68. The van der Waals surface area contributed by atoms with Gasteiger partial charge in [-0.05, 0) is 38.7 Å². The molecule has 1 aromatic rings. The number of nitrogens with one attached hydrogen (secondary N) is 1. The van der Waals surface area contributed by atoms with Crippen molar-refractivity contribution in [2.75, 3.05) is 0 Å². The van der Waals surface area contributed by atoms with Crippen LogP contribution in [0, 0.1) is 6.92 Å². The van der Waals surface area contributed by atoms with Gasteiger partial charge in [0.15, 0.2) is 0 Å². The fourth-order valence-corrected chi connectivity index (χ4v) is 3.30. The van der Waals surface area contributed by atoms with Gasteiger partial charge in [0.05, 0.1) is 17.8 Å². The van der Waals surface area contributed by atoms with Gasteiger partial charge in [0.2, 0.25) is 0 Å². The zero-order valence-electron chi connectivity index (χ0n) is 11.0. The number of aryl methyl sites for hydroxylation is 1. The molecular weight excluding hydrogens is 266 g/mol. The Morgan fingerprint density at radius 2 is 2.05 bits per heavy atom. The Bertz CT molecular complexity index is 505. The number of hydrogen-bond acceptors (Lipinski definition) is 4. The number of fused-ring (bicyclic) bond motifs is 2. The minimum Gasteiger partial charge on any atom is -0.388 e. The minimum atomic E-state index is -0.790. The van der Waals surface area contributed by atoms with E-state index in [0.717, 1.165) is 18.5 Å². The van der Waals surface area contributed by atoms with E-state index in [1.165, 1.54) is 10.7 Å². The van der Waals surface area contributed by atoms with Crippen molar-refractivity contribution in [3.8, 4) is 0 Å². The van der Waals surface area contributed by atoms with E-state index in [1.807, 2.05) is 6.92 Å². The molecule has 3 heterocycles. The summed E-state index contributed by atoms with van der Waals surface area (Å²) >= 11 is 0. The Balaban J connectivity index is 0.00000133. The molecule has 3 rings (SSSR count). The van der Waals surface area contributed by atoms with Crippen LogP contribution in [-0.4, -0.2) is 32.6 Å². The summed E-state index contributed by atoms with van der Waals surface area (Å²) < 4.78 is 1.40. The van der Waals surface area contributed by atoms with Crippen molar-refractivity contribution in [2.24, 2.45) is 0 Å². The van der Waals surface area contributed by atoms with Crippen LogP contribution in [0.1, 0.15) is 31.4 Å². The van der Waals surface area contributed by atoms with Gasteiger partial charge in [0, 0.05) is 18.2 Å². The predicted octanol–water partition coefficient (Wildman–Crippen LogP) is 0.619. The lowest BCUT2D eigenvalue weighted by atomic mass is 9.87. The number of aromatic nitrogens is 2. The molecule has 2 fully saturated rings. The van der Waals surface area contributed by atoms with E-state index in [2.05, 4.69) is 10.4 Å². The van der Waals surface area contributed by atoms with Gasteiger partial charge in [-0.3, -0.25) is 4.79 Å². The third kappa shape index (κ3) is 2.99. The van der Waals surface area contributed by atoms with Crippen LogP contribution in [-0.2, 0) is 6.54 Å². The summed E-state index contributed by atoms with van der Waals surface area (Å²) in [5.41, 5.74) is -0.128. The lowest BCUT2D eigenvalue weighted by Gasteiger charge is -2.37. The third-order valence-electron chi connectivity index (χ3n) is 4.03. The van der Waals surface area contributed by atoms with Gasteiger partial charge in [-0.15, -0.1) is 12.4 Å². The number of hydrogen-bond donors (Lipinski definition) is 2. The van der Waals surface area contributed by atoms with Crippen LogP contribution >= 0.6 is 12.4 Å². The Labute approximate surface area is 118 Å². The first-order valence-electron chi connectivity index (χ1n) is 6.57. The molecule has 106 valence electrons. The molecule has 0 radical (unpaired) electrons. The van der Waals surface area contributed by atoms with Crippen LogP contribution < -0.4 is 10.9 Å². The first-order chi connectivity index (χ1) is 8.54. The lowest BCUT2D eigenvalue weighted by Crippen LogP contribution is -2.51. The normalized spacial score (nSPS) is 32.9. The van der Waals surface area contributed by atoms with Crippen molar-refractivity contribution in [3.63, 3.8) is 0 Å². The van der Waals surface area contributed by atoms with E-state index < -0.39 is 5.60 Å². The first-order valence-corrected chi connectivity index (χ1v) is 6.57. The van der Waals surface area contributed by atoms with Crippen molar-refractivity contribution in [3.05, 3.63) is 28.2 Å². The van der Waals surface area contributed by atoms with Gasteiger partial charge in [-0.1, -0.05) is 0 Å². The van der Waals surface area contributed by atoms with E-state index in [0.29, 0.717) is 31.5 Å². The second kappa shape index (κ2) is 5.23. The predicted molar refractivity (Wildman–Crippen MR) is 74.6 cm³/mol. The molecule has 2 atom stereocenters. The summed E-state index contributed by atoms with van der Waals surface area (Å²) in [7, 11) is 0. The maximum Gasteiger partial charge on any atom is 0.266 e. The van der Waals surface area contributed by atoms with Gasteiger partial charge < -0.3 is 10.4 Å². The van der Waals surface area contributed by atoms with Gasteiger partial charge in [-0.25, -0.2) is 4.68 Å². The topological polar surface area (TPSA) is 67.2 Å². The summed E-state index contributed by atoms with van der Waals surface area (Å²) in [6.45, 7) is 2.16. The van der Waals surface area contributed by atoms with E-state index >= 15 is 0 Å². The second-order valence-corrected chi connectivity index (χ2v) is 5.74. The summed E-state index contributed by atoms with van der Waals surface area (Å²) in [6, 6.07) is 4.01. The lowest BCUT2D eigenvalue weighted by molar-refractivity contribution is -0.0250. The molecular formula is C13H20ClN3O2. The van der Waals surface area contributed by atoms with Crippen LogP contribution in [0.2, 0.25) is 0 Å². The Hall–Kier alpha value is -0.910. The second-order valence-electron chi connectivity index (χ2n) is 5.74. The maximum atomic E-state index is 11.7. The average Bonchev–Trinajstić information content (AvgIpc) is 2.64. The number of rotatable bonds is 2. The number of nitrogens with zero attached hydrogens (tertiary/aromatic N) is 2. The van der Waals surface area contributed by atoms with E-state index in [1.54, 1.807) is 6.07 Å². The van der Waals surface area contributed by atoms with E-state index in [-0.39, 0.29) is 18.0 Å². The highest BCUT2D eigenvalue weighted by molar-refractivity contribution is 5.85. The quantitative estimate of drug-likeness (QED) is 0.836. The van der Waals surface area contributed by atoms with E-state index in [4.69, 9.17) is 0 Å². The molecule has 2 N–H and O–H groups in total. The fourth-order valence-electron chi connectivity index (χ4n) is 3.30. The summed E-state index contributed by atoms with van der Waals surface area (Å²) in [5, 5.41) is 18.4. The molecule has 2 unspecified atom stereocenters. The highest BCUT2D eigenvalue weighted by Gasteiger charge is 2.42. The van der Waals surface area contributed by atoms with Crippen molar-refractivity contribution < 1.29 is 5.11 Å². The van der Waals surface area contributed by atoms with Gasteiger partial charge >= 0.3 is 0 Å². The Morgan fingerprint density at radius 3 is 2.68 bits per heavy atom. The Morgan fingerprint density at radius 1 is 1.42 bits per heavy atom. The number of aliphatic hydroxyl groups is 1. The van der Waals surface area contributed by atoms with Crippen molar-refractivity contribution >= 4 is 12.4 Å². The highest BCUT2D eigenvalue weighted by Crippen LogP contribution is 2.34. The van der Waals surface area contributed by atoms with Crippen LogP contribution in [0.3, 0.4) is 0 Å². The molecule has 2 aliphatic rings. The molecule has 6 heteroatoms. The average molecular weight is 286 g/mol. The largest absolute Gasteiger partial charge is 0.388 e. The third-order valence-corrected chi connectivity index (χ3v) is 4.03. The molecule has 2 saturated heterocycles. The smallest absolute Gasteiger partial charge is 0.266 e. The van der Waals surface area contributed by atoms with Gasteiger partial charge in [0.1, 0.15) is 0 Å². The maximum absolute atomic E-state index is 11.7. The van der Waals surface area contributed by atoms with Gasteiger partial charge in [-0.2, -0.15) is 5.10 Å². The first kappa shape index (κ1) is 14.5. The molecule has 5 nitrogen and oxygen atoms in total. The zero-order chi connectivity index (χ0) is 12.8. The van der Waals surface area contributed by atoms with Crippen molar-refractivity contribution in [1.29, 1.82) is 0 Å². The number of halogens is 1. The van der Waals surface area contributed by atoms with Crippen molar-refractivity contribution in [1.82, 2.24) is 15.1 Å². The molecule has 1 aromatic heterocycles. The molecule has 2 aliphatic heterocycles. The molecule has 19 heavy (non-hydrogen) atoms. The van der Waals surface area contributed by atoms with Crippen LogP contribution in [0.25, 0.3) is 0 Å². The monoisotopic (exact) mass is 285 g/mol. The molecule has 0 aliphatic carbocycles.